The molecule has 2 aromatic rings. The third kappa shape index (κ3) is 2.92. The standard InChI is InChI=1S/C17H13Cl2NO3/c1-17(9-10-5-2-3-6-11(10)15(21)23-17)16(22)20-13-8-4-7-12(18)14(13)19/h2-8H,9H2,1H3,(H,20,22)/t17-/m1/s1. The number of nitrogens with one attached hydrogen (secondary N) is 1. The number of cyclic esters (lactones) is 1. The molecule has 2 aromatic carbocycles. The van der Waals surface area contributed by atoms with Crippen molar-refractivity contribution in [2.45, 2.75) is 18.9 Å². The summed E-state index contributed by atoms with van der Waals surface area (Å²) in [6.45, 7) is 1.58. The molecule has 1 N–H and O–H groups in total. The Morgan fingerprint density at radius 3 is 2.70 bits per heavy atom. The zero-order valence-corrected chi connectivity index (χ0v) is 13.7. The number of esters is 1. The average molecular weight is 350 g/mol. The Kier molecular flexibility index (Phi) is 4.04. The van der Waals surface area contributed by atoms with Gasteiger partial charge in [0.25, 0.3) is 5.91 Å². The van der Waals surface area contributed by atoms with Crippen LogP contribution in [-0.2, 0) is 16.0 Å². The number of carbonyl (C=O) groups is 2. The quantitative estimate of drug-likeness (QED) is 0.830. The van der Waals surface area contributed by atoms with E-state index in [1.807, 2.05) is 12.1 Å². The molecule has 0 bridgehead atoms. The van der Waals surface area contributed by atoms with E-state index in [1.165, 1.54) is 0 Å². The number of fused-ring (bicyclic) bond motifs is 1. The number of rotatable bonds is 2. The molecule has 0 radical (unpaired) electrons. The maximum absolute atomic E-state index is 12.6. The molecule has 0 saturated heterocycles. The molecule has 1 atom stereocenters. The maximum Gasteiger partial charge on any atom is 0.339 e. The van der Waals surface area contributed by atoms with Crippen LogP contribution in [0.2, 0.25) is 10.0 Å². The highest BCUT2D eigenvalue weighted by Crippen LogP contribution is 2.33. The first-order chi connectivity index (χ1) is 10.9. The van der Waals surface area contributed by atoms with Gasteiger partial charge in [0, 0.05) is 6.42 Å². The van der Waals surface area contributed by atoms with Gasteiger partial charge in [-0.15, -0.1) is 0 Å². The highest BCUT2D eigenvalue weighted by atomic mass is 35.5. The van der Waals surface area contributed by atoms with Crippen molar-refractivity contribution in [3.63, 3.8) is 0 Å². The number of ether oxygens (including phenoxy) is 1. The molecule has 0 fully saturated rings. The van der Waals surface area contributed by atoms with Crippen LogP contribution in [0.3, 0.4) is 0 Å². The predicted octanol–water partition coefficient (Wildman–Crippen LogP) is 4.10. The molecule has 118 valence electrons. The van der Waals surface area contributed by atoms with Gasteiger partial charge in [-0.2, -0.15) is 0 Å². The smallest absolute Gasteiger partial charge is 0.339 e. The molecule has 4 nitrogen and oxygen atoms in total. The molecule has 0 aliphatic carbocycles. The predicted molar refractivity (Wildman–Crippen MR) is 89.1 cm³/mol. The van der Waals surface area contributed by atoms with Crippen molar-refractivity contribution in [3.8, 4) is 0 Å². The monoisotopic (exact) mass is 349 g/mol. The van der Waals surface area contributed by atoms with Crippen LogP contribution in [0.15, 0.2) is 42.5 Å². The van der Waals surface area contributed by atoms with Crippen molar-refractivity contribution in [1.82, 2.24) is 0 Å². The fourth-order valence-electron chi connectivity index (χ4n) is 2.51. The maximum atomic E-state index is 12.6. The van der Waals surface area contributed by atoms with Crippen molar-refractivity contribution in [1.29, 1.82) is 0 Å². The molecule has 0 saturated carbocycles. The van der Waals surface area contributed by atoms with Crippen LogP contribution in [0, 0.1) is 0 Å². The Morgan fingerprint density at radius 1 is 1.17 bits per heavy atom. The van der Waals surface area contributed by atoms with Gasteiger partial charge in [0.1, 0.15) is 0 Å². The van der Waals surface area contributed by atoms with E-state index in [0.29, 0.717) is 22.7 Å². The zero-order valence-electron chi connectivity index (χ0n) is 12.2. The molecule has 23 heavy (non-hydrogen) atoms. The van der Waals surface area contributed by atoms with E-state index in [0.717, 1.165) is 5.56 Å². The van der Waals surface area contributed by atoms with Crippen LogP contribution in [0.25, 0.3) is 0 Å². The SMILES string of the molecule is C[C@]1(C(=O)Nc2cccc(Cl)c2Cl)Cc2ccccc2C(=O)O1. The summed E-state index contributed by atoms with van der Waals surface area (Å²) in [7, 11) is 0. The van der Waals surface area contributed by atoms with E-state index in [2.05, 4.69) is 5.32 Å². The Balaban J connectivity index is 1.88. The third-order valence-electron chi connectivity index (χ3n) is 3.76. The number of anilines is 1. The van der Waals surface area contributed by atoms with Gasteiger partial charge < -0.3 is 10.1 Å². The number of hydrogen-bond donors (Lipinski definition) is 1. The summed E-state index contributed by atoms with van der Waals surface area (Å²) in [6.07, 6.45) is 0.291. The van der Waals surface area contributed by atoms with Gasteiger partial charge in [-0.1, -0.05) is 47.5 Å². The molecule has 1 amide bonds. The number of amides is 1. The minimum Gasteiger partial charge on any atom is -0.445 e. The second kappa shape index (κ2) is 5.87. The summed E-state index contributed by atoms with van der Waals surface area (Å²) >= 11 is 12.0. The topological polar surface area (TPSA) is 55.4 Å². The lowest BCUT2D eigenvalue weighted by Gasteiger charge is -2.33. The van der Waals surface area contributed by atoms with Gasteiger partial charge in [-0.3, -0.25) is 4.79 Å². The largest absolute Gasteiger partial charge is 0.445 e. The molecule has 1 heterocycles. The summed E-state index contributed by atoms with van der Waals surface area (Å²) in [5.41, 5.74) is 0.328. The average Bonchev–Trinajstić information content (AvgIpc) is 2.51. The van der Waals surface area contributed by atoms with Crippen LogP contribution in [0.4, 0.5) is 5.69 Å². The van der Waals surface area contributed by atoms with Gasteiger partial charge in [0.05, 0.1) is 21.3 Å². The summed E-state index contributed by atoms with van der Waals surface area (Å²) in [4.78, 5) is 24.7. The summed E-state index contributed by atoms with van der Waals surface area (Å²) in [5, 5.41) is 3.26. The molecular weight excluding hydrogens is 337 g/mol. The number of benzene rings is 2. The minimum absolute atomic E-state index is 0.244. The number of halogens is 2. The first kappa shape index (κ1) is 15.8. The first-order valence-corrected chi connectivity index (χ1v) is 7.73. The lowest BCUT2D eigenvalue weighted by molar-refractivity contribution is -0.134. The minimum atomic E-state index is -1.31. The summed E-state index contributed by atoms with van der Waals surface area (Å²) in [6, 6.07) is 12.0. The van der Waals surface area contributed by atoms with Crippen molar-refractivity contribution in [2.24, 2.45) is 0 Å². The number of hydrogen-bond acceptors (Lipinski definition) is 3. The third-order valence-corrected chi connectivity index (χ3v) is 4.58. The van der Waals surface area contributed by atoms with E-state index in [4.69, 9.17) is 27.9 Å². The van der Waals surface area contributed by atoms with Gasteiger partial charge in [0.15, 0.2) is 5.60 Å². The Morgan fingerprint density at radius 2 is 1.91 bits per heavy atom. The van der Waals surface area contributed by atoms with Crippen molar-refractivity contribution in [2.75, 3.05) is 5.32 Å². The van der Waals surface area contributed by atoms with E-state index in [9.17, 15) is 9.59 Å². The summed E-state index contributed by atoms with van der Waals surface area (Å²) < 4.78 is 5.38. The fraction of sp³-hybridized carbons (Fsp3) is 0.176. The molecule has 0 spiro atoms. The van der Waals surface area contributed by atoms with Crippen LogP contribution in [0.5, 0.6) is 0 Å². The van der Waals surface area contributed by atoms with Crippen LogP contribution in [0.1, 0.15) is 22.8 Å². The second-order valence-electron chi connectivity index (χ2n) is 5.51. The van der Waals surface area contributed by atoms with Gasteiger partial charge >= 0.3 is 5.97 Å². The lowest BCUT2D eigenvalue weighted by atomic mass is 9.89. The second-order valence-corrected chi connectivity index (χ2v) is 6.29. The Labute approximate surface area is 143 Å². The van der Waals surface area contributed by atoms with Crippen LogP contribution >= 0.6 is 23.2 Å². The van der Waals surface area contributed by atoms with E-state index >= 15 is 0 Å². The molecule has 1 aliphatic heterocycles. The number of carbonyl (C=O) groups excluding carboxylic acids is 2. The van der Waals surface area contributed by atoms with E-state index < -0.39 is 17.5 Å². The van der Waals surface area contributed by atoms with Crippen molar-refractivity contribution in [3.05, 3.63) is 63.6 Å². The van der Waals surface area contributed by atoms with E-state index in [1.54, 1.807) is 37.3 Å². The molecule has 3 rings (SSSR count). The molecule has 0 unspecified atom stereocenters. The lowest BCUT2D eigenvalue weighted by Crippen LogP contribution is -2.48. The first-order valence-electron chi connectivity index (χ1n) is 6.97. The Hall–Kier alpha value is -2.04. The van der Waals surface area contributed by atoms with Crippen LogP contribution in [-0.4, -0.2) is 17.5 Å². The highest BCUT2D eigenvalue weighted by Gasteiger charge is 2.42. The van der Waals surface area contributed by atoms with Crippen LogP contribution < -0.4 is 5.32 Å². The zero-order chi connectivity index (χ0) is 16.6. The van der Waals surface area contributed by atoms with Gasteiger partial charge in [-0.05, 0) is 30.7 Å². The van der Waals surface area contributed by atoms with E-state index in [-0.39, 0.29) is 5.02 Å². The van der Waals surface area contributed by atoms with Crippen molar-refractivity contribution >= 4 is 40.8 Å². The van der Waals surface area contributed by atoms with Crippen molar-refractivity contribution < 1.29 is 14.3 Å². The highest BCUT2D eigenvalue weighted by molar-refractivity contribution is 6.44. The normalized spacial score (nSPS) is 19.7. The molecule has 0 aromatic heterocycles. The van der Waals surface area contributed by atoms with Gasteiger partial charge in [0.2, 0.25) is 0 Å². The fourth-order valence-corrected chi connectivity index (χ4v) is 2.86. The Bertz CT molecular complexity index is 806. The summed E-state index contributed by atoms with van der Waals surface area (Å²) in [5.74, 6) is -0.966. The molecule has 6 heteroatoms. The van der Waals surface area contributed by atoms with Gasteiger partial charge in [-0.25, -0.2) is 4.79 Å². The molecule has 1 aliphatic rings. The molecular formula is C17H13Cl2NO3.